The van der Waals surface area contributed by atoms with Crippen molar-refractivity contribution < 1.29 is 19.1 Å². The lowest BCUT2D eigenvalue weighted by Crippen LogP contribution is -2.47. The monoisotopic (exact) mass is 382 g/mol. The van der Waals surface area contributed by atoms with Gasteiger partial charge in [0.05, 0.1) is 6.61 Å². The summed E-state index contributed by atoms with van der Waals surface area (Å²) in [6, 6.07) is 3.79. The maximum Gasteiger partial charge on any atom is 0.260 e. The van der Waals surface area contributed by atoms with Crippen molar-refractivity contribution >= 4 is 23.4 Å². The number of piperidine rings is 1. The minimum absolute atomic E-state index is 0.00533. The van der Waals surface area contributed by atoms with Gasteiger partial charge < -0.3 is 19.7 Å². The number of amides is 2. The highest BCUT2D eigenvalue weighted by molar-refractivity contribution is 6.32. The first-order valence-electron chi connectivity index (χ1n) is 8.86. The normalized spacial score (nSPS) is 15.0. The van der Waals surface area contributed by atoms with Crippen molar-refractivity contribution in [2.24, 2.45) is 0 Å². The van der Waals surface area contributed by atoms with E-state index in [0.717, 1.165) is 29.0 Å². The molecular weight excluding hydrogens is 356 g/mol. The van der Waals surface area contributed by atoms with Gasteiger partial charge in [-0.05, 0) is 49.9 Å². The van der Waals surface area contributed by atoms with Crippen molar-refractivity contribution in [2.75, 3.05) is 33.4 Å². The van der Waals surface area contributed by atoms with Crippen LogP contribution in [0.5, 0.6) is 5.75 Å². The summed E-state index contributed by atoms with van der Waals surface area (Å²) < 4.78 is 10.5. The first-order chi connectivity index (χ1) is 12.4. The molecule has 0 radical (unpaired) electrons. The van der Waals surface area contributed by atoms with Gasteiger partial charge in [0.1, 0.15) is 5.75 Å². The molecule has 0 spiro atoms. The van der Waals surface area contributed by atoms with Gasteiger partial charge in [-0.15, -0.1) is 0 Å². The smallest absolute Gasteiger partial charge is 0.260 e. The van der Waals surface area contributed by atoms with Gasteiger partial charge in [0, 0.05) is 37.7 Å². The molecule has 1 N–H and O–H groups in total. The SMILES string of the molecule is COCCC(=O)NC1CCN(C(=O)COc2cc(C)c(Cl)c(C)c2)CC1. The second-order valence-electron chi connectivity index (χ2n) is 6.63. The molecule has 0 bridgehead atoms. The zero-order valence-electron chi connectivity index (χ0n) is 15.6. The average Bonchev–Trinajstić information content (AvgIpc) is 2.63. The van der Waals surface area contributed by atoms with Gasteiger partial charge in [0.25, 0.3) is 5.91 Å². The summed E-state index contributed by atoms with van der Waals surface area (Å²) in [5.41, 5.74) is 1.86. The van der Waals surface area contributed by atoms with Gasteiger partial charge >= 0.3 is 0 Å². The Morgan fingerprint density at radius 3 is 2.42 bits per heavy atom. The minimum Gasteiger partial charge on any atom is -0.484 e. The second kappa shape index (κ2) is 9.78. The van der Waals surface area contributed by atoms with E-state index in [4.69, 9.17) is 21.1 Å². The van der Waals surface area contributed by atoms with E-state index in [1.54, 1.807) is 12.0 Å². The van der Waals surface area contributed by atoms with Gasteiger partial charge in [0.2, 0.25) is 5.91 Å². The molecule has 0 aromatic heterocycles. The number of hydrogen-bond acceptors (Lipinski definition) is 4. The summed E-state index contributed by atoms with van der Waals surface area (Å²) in [7, 11) is 1.58. The number of carbonyl (C=O) groups excluding carboxylic acids is 2. The summed E-state index contributed by atoms with van der Waals surface area (Å²) in [5, 5.41) is 3.71. The Bertz CT molecular complexity index is 619. The molecule has 0 aliphatic carbocycles. The van der Waals surface area contributed by atoms with Crippen molar-refractivity contribution in [1.82, 2.24) is 10.2 Å². The molecule has 1 aliphatic rings. The lowest BCUT2D eigenvalue weighted by Gasteiger charge is -2.32. The molecular formula is C19H27ClN2O4. The van der Waals surface area contributed by atoms with Gasteiger partial charge in [-0.25, -0.2) is 0 Å². The number of carbonyl (C=O) groups is 2. The number of nitrogens with one attached hydrogen (secondary N) is 1. The molecule has 0 saturated carbocycles. The number of nitrogens with zero attached hydrogens (tertiary/aromatic N) is 1. The van der Waals surface area contributed by atoms with Gasteiger partial charge in [-0.1, -0.05) is 11.6 Å². The Morgan fingerprint density at radius 2 is 1.85 bits per heavy atom. The maximum absolute atomic E-state index is 12.3. The summed E-state index contributed by atoms with van der Waals surface area (Å²) in [5.74, 6) is 0.603. The first kappa shape index (κ1) is 20.5. The molecule has 1 saturated heterocycles. The molecule has 1 aliphatic heterocycles. The zero-order valence-corrected chi connectivity index (χ0v) is 16.4. The first-order valence-corrected chi connectivity index (χ1v) is 9.24. The van der Waals surface area contributed by atoms with Crippen LogP contribution in [0.4, 0.5) is 0 Å². The fraction of sp³-hybridized carbons (Fsp3) is 0.579. The third-order valence-corrected chi connectivity index (χ3v) is 5.11. The van der Waals surface area contributed by atoms with Gasteiger partial charge in [0.15, 0.2) is 6.61 Å². The van der Waals surface area contributed by atoms with Crippen LogP contribution in [0.1, 0.15) is 30.4 Å². The number of hydrogen-bond donors (Lipinski definition) is 1. The zero-order chi connectivity index (χ0) is 19.1. The third-order valence-electron chi connectivity index (χ3n) is 4.52. The van der Waals surface area contributed by atoms with Crippen molar-refractivity contribution in [1.29, 1.82) is 0 Å². The number of ether oxygens (including phenoxy) is 2. The highest BCUT2D eigenvalue weighted by Crippen LogP contribution is 2.25. The molecule has 2 rings (SSSR count). The Labute approximate surface area is 159 Å². The highest BCUT2D eigenvalue weighted by Gasteiger charge is 2.24. The largest absolute Gasteiger partial charge is 0.484 e. The van der Waals surface area contributed by atoms with E-state index in [-0.39, 0.29) is 24.5 Å². The van der Waals surface area contributed by atoms with Crippen LogP contribution in [0.3, 0.4) is 0 Å². The number of halogens is 1. The standard InChI is InChI=1S/C19H27ClN2O4/c1-13-10-16(11-14(2)19(13)20)26-12-18(24)22-7-4-15(5-8-22)21-17(23)6-9-25-3/h10-11,15H,4-9,12H2,1-3H3,(H,21,23). The summed E-state index contributed by atoms with van der Waals surface area (Å²) in [4.78, 5) is 25.9. The van der Waals surface area contributed by atoms with E-state index in [0.29, 0.717) is 31.9 Å². The van der Waals surface area contributed by atoms with E-state index in [1.165, 1.54) is 0 Å². The van der Waals surface area contributed by atoms with E-state index < -0.39 is 0 Å². The third kappa shape index (κ3) is 5.88. The molecule has 1 heterocycles. The van der Waals surface area contributed by atoms with Gasteiger partial charge in [-0.3, -0.25) is 9.59 Å². The predicted octanol–water partition coefficient (Wildman–Crippen LogP) is 2.48. The van der Waals surface area contributed by atoms with Crippen LogP contribution < -0.4 is 10.1 Å². The maximum atomic E-state index is 12.3. The van der Waals surface area contributed by atoms with E-state index >= 15 is 0 Å². The van der Waals surface area contributed by atoms with Crippen LogP contribution in [0.15, 0.2) is 12.1 Å². The number of methoxy groups -OCH3 is 1. The van der Waals surface area contributed by atoms with Crippen LogP contribution in [-0.4, -0.2) is 56.2 Å². The van der Waals surface area contributed by atoms with E-state index in [1.807, 2.05) is 26.0 Å². The van der Waals surface area contributed by atoms with Crippen LogP contribution in [0, 0.1) is 13.8 Å². The molecule has 144 valence electrons. The molecule has 1 aromatic carbocycles. The summed E-state index contributed by atoms with van der Waals surface area (Å²) >= 11 is 6.14. The fourth-order valence-electron chi connectivity index (χ4n) is 2.99. The molecule has 1 aromatic rings. The quantitative estimate of drug-likeness (QED) is 0.786. The van der Waals surface area contributed by atoms with Crippen LogP contribution in [-0.2, 0) is 14.3 Å². The fourth-order valence-corrected chi connectivity index (χ4v) is 3.10. The molecule has 6 nitrogen and oxygen atoms in total. The Morgan fingerprint density at radius 1 is 1.23 bits per heavy atom. The molecule has 26 heavy (non-hydrogen) atoms. The van der Waals surface area contributed by atoms with Crippen molar-refractivity contribution in [3.8, 4) is 5.75 Å². The molecule has 2 amide bonds. The number of likely N-dealkylation sites (tertiary alicyclic amines) is 1. The number of benzene rings is 1. The lowest BCUT2D eigenvalue weighted by atomic mass is 10.0. The molecule has 1 fully saturated rings. The topological polar surface area (TPSA) is 67.9 Å². The molecule has 7 heteroatoms. The van der Waals surface area contributed by atoms with Gasteiger partial charge in [-0.2, -0.15) is 0 Å². The van der Waals surface area contributed by atoms with Crippen molar-refractivity contribution in [2.45, 2.75) is 39.2 Å². The van der Waals surface area contributed by atoms with Crippen LogP contribution >= 0.6 is 11.6 Å². The Balaban J connectivity index is 1.75. The predicted molar refractivity (Wildman–Crippen MR) is 101 cm³/mol. The number of aryl methyl sites for hydroxylation is 2. The van der Waals surface area contributed by atoms with Crippen molar-refractivity contribution in [3.05, 3.63) is 28.3 Å². The van der Waals surface area contributed by atoms with Crippen LogP contribution in [0.2, 0.25) is 5.02 Å². The lowest BCUT2D eigenvalue weighted by molar-refractivity contribution is -0.134. The molecule has 0 unspecified atom stereocenters. The molecule has 0 atom stereocenters. The highest BCUT2D eigenvalue weighted by atomic mass is 35.5. The summed E-state index contributed by atoms with van der Waals surface area (Å²) in [6.45, 7) is 5.49. The number of rotatable bonds is 7. The Hall–Kier alpha value is -1.79. The second-order valence-corrected chi connectivity index (χ2v) is 7.00. The Kier molecular flexibility index (Phi) is 7.72. The van der Waals surface area contributed by atoms with Crippen LogP contribution in [0.25, 0.3) is 0 Å². The summed E-state index contributed by atoms with van der Waals surface area (Å²) in [6.07, 6.45) is 1.87. The minimum atomic E-state index is -0.0422. The van der Waals surface area contributed by atoms with Crippen molar-refractivity contribution in [3.63, 3.8) is 0 Å². The average molecular weight is 383 g/mol. The van der Waals surface area contributed by atoms with E-state index in [9.17, 15) is 9.59 Å². The van der Waals surface area contributed by atoms with E-state index in [2.05, 4.69) is 5.32 Å².